The Morgan fingerprint density at radius 1 is 1.47 bits per heavy atom. The van der Waals surface area contributed by atoms with Crippen LogP contribution < -0.4 is 16.9 Å². The Bertz CT molecular complexity index is 453. The summed E-state index contributed by atoms with van der Waals surface area (Å²) in [4.78, 5) is 11.3. The number of nitrogens with one attached hydrogen (secondary N) is 1. The molecule has 8 heteroatoms. The number of benzene rings is 1. The summed E-state index contributed by atoms with van der Waals surface area (Å²) in [7, 11) is 0. The zero-order chi connectivity index (χ0) is 12.8. The molecule has 0 fully saturated rings. The van der Waals surface area contributed by atoms with Crippen LogP contribution in [-0.2, 0) is 4.79 Å². The Labute approximate surface area is 100 Å². The largest absolute Gasteiger partial charge is 0.377 e. The molecule has 1 amide bonds. The maximum Gasteiger partial charge on any atom is 0.234 e. The molecule has 0 atom stereocenters. The topological polar surface area (TPSA) is 93.5 Å². The van der Waals surface area contributed by atoms with Gasteiger partial charge in [-0.1, -0.05) is 11.8 Å². The molecule has 0 bridgehead atoms. The molecule has 92 valence electrons. The molecular weight excluding hydrogens is 250 g/mol. The minimum Gasteiger partial charge on any atom is -0.377 e. The van der Waals surface area contributed by atoms with Crippen LogP contribution in [0.15, 0.2) is 23.3 Å². The number of nitrogens with two attached hydrogens (primary N) is 2. The third-order valence-corrected chi connectivity index (χ3v) is 2.49. The molecule has 0 spiro atoms. The summed E-state index contributed by atoms with van der Waals surface area (Å²) >= 11 is 0.888. The number of amides is 1. The van der Waals surface area contributed by atoms with Crippen LogP contribution in [-0.4, -0.2) is 16.8 Å². The molecule has 0 radical (unpaired) electrons. The van der Waals surface area contributed by atoms with Gasteiger partial charge in [0, 0.05) is 6.07 Å². The maximum atomic E-state index is 13.1. The minimum absolute atomic E-state index is 0.0277. The second-order valence-corrected chi connectivity index (χ2v) is 3.92. The van der Waals surface area contributed by atoms with E-state index in [1.165, 1.54) is 0 Å². The first kappa shape index (κ1) is 13.2. The van der Waals surface area contributed by atoms with Crippen molar-refractivity contribution >= 4 is 28.5 Å². The first-order valence-electron chi connectivity index (χ1n) is 4.44. The van der Waals surface area contributed by atoms with Gasteiger partial charge in [-0.2, -0.15) is 5.10 Å². The number of thioether (sulfide) groups is 1. The molecule has 0 aromatic heterocycles. The number of carbonyl (C=O) groups excluding carboxylic acids is 1. The number of anilines is 1. The lowest BCUT2D eigenvalue weighted by Crippen LogP contribution is -2.19. The van der Waals surface area contributed by atoms with Gasteiger partial charge in [-0.15, -0.1) is 0 Å². The van der Waals surface area contributed by atoms with E-state index in [2.05, 4.69) is 10.4 Å². The average molecular weight is 260 g/mol. The highest BCUT2D eigenvalue weighted by atomic mass is 32.2. The molecular formula is C9H10F2N4OS. The lowest BCUT2D eigenvalue weighted by Gasteiger charge is -2.05. The molecule has 1 aromatic rings. The molecule has 5 nitrogen and oxygen atoms in total. The van der Waals surface area contributed by atoms with E-state index in [0.29, 0.717) is 0 Å². The highest BCUT2D eigenvalue weighted by Gasteiger charge is 2.09. The molecule has 17 heavy (non-hydrogen) atoms. The Hall–Kier alpha value is -1.83. The van der Waals surface area contributed by atoms with E-state index < -0.39 is 17.5 Å². The highest BCUT2D eigenvalue weighted by molar-refractivity contribution is 8.14. The Kier molecular flexibility index (Phi) is 4.70. The monoisotopic (exact) mass is 260 g/mol. The molecule has 0 aliphatic carbocycles. The average Bonchev–Trinajstić information content (AvgIpc) is 2.30. The number of halogens is 2. The van der Waals surface area contributed by atoms with Gasteiger partial charge in [0.25, 0.3) is 0 Å². The molecule has 1 aromatic carbocycles. The molecule has 5 N–H and O–H groups in total. The molecule has 0 saturated carbocycles. The zero-order valence-electron chi connectivity index (χ0n) is 8.61. The Balaban J connectivity index is 2.59. The number of nitrogens with zero attached hydrogens (tertiary/aromatic N) is 1. The van der Waals surface area contributed by atoms with Crippen molar-refractivity contribution in [3.05, 3.63) is 29.8 Å². The van der Waals surface area contributed by atoms with Gasteiger partial charge < -0.3 is 16.9 Å². The fourth-order valence-electron chi connectivity index (χ4n) is 0.956. The minimum atomic E-state index is -0.717. The van der Waals surface area contributed by atoms with Crippen molar-refractivity contribution in [2.24, 2.45) is 16.7 Å². The first-order chi connectivity index (χ1) is 8.02. The quantitative estimate of drug-likeness (QED) is 0.325. The van der Waals surface area contributed by atoms with Crippen molar-refractivity contribution in [2.75, 3.05) is 11.1 Å². The fraction of sp³-hybridized carbons (Fsp3) is 0.111. The van der Waals surface area contributed by atoms with Gasteiger partial charge in [-0.05, 0) is 12.1 Å². The number of hydrogen-bond donors (Lipinski definition) is 3. The predicted octanol–water partition coefficient (Wildman–Crippen LogP) is 0.825. The normalized spacial score (nSPS) is 11.3. The number of hydrogen-bond acceptors (Lipinski definition) is 4. The van der Waals surface area contributed by atoms with Crippen molar-refractivity contribution in [3.8, 4) is 0 Å². The van der Waals surface area contributed by atoms with Gasteiger partial charge in [0.1, 0.15) is 11.6 Å². The second-order valence-electron chi connectivity index (χ2n) is 2.93. The maximum absolute atomic E-state index is 13.1. The molecule has 0 aliphatic heterocycles. The Morgan fingerprint density at radius 3 is 2.82 bits per heavy atom. The van der Waals surface area contributed by atoms with Crippen LogP contribution in [0.25, 0.3) is 0 Å². The lowest BCUT2D eigenvalue weighted by atomic mass is 10.3. The van der Waals surface area contributed by atoms with Crippen molar-refractivity contribution in [2.45, 2.75) is 0 Å². The van der Waals surface area contributed by atoms with E-state index in [-0.39, 0.29) is 16.6 Å². The van der Waals surface area contributed by atoms with Crippen LogP contribution in [0.1, 0.15) is 0 Å². The third kappa shape index (κ3) is 4.27. The van der Waals surface area contributed by atoms with Gasteiger partial charge in [0.15, 0.2) is 5.17 Å². The standard InChI is InChI=1S/C9H10F2N4OS/c10-5-1-2-6(11)7(3-5)14-8(16)4-17-9(12)15-13/h1-3H,4,13H2,(H2,12,15)(H,14,16). The number of rotatable bonds is 3. The van der Waals surface area contributed by atoms with Gasteiger partial charge in [0.2, 0.25) is 5.91 Å². The van der Waals surface area contributed by atoms with Crippen molar-refractivity contribution in [1.82, 2.24) is 0 Å². The first-order valence-corrected chi connectivity index (χ1v) is 5.42. The van der Waals surface area contributed by atoms with E-state index in [0.717, 1.165) is 30.0 Å². The molecule has 0 unspecified atom stereocenters. The fourth-order valence-corrected chi connectivity index (χ4v) is 1.38. The van der Waals surface area contributed by atoms with Crippen LogP contribution in [0, 0.1) is 11.6 Å². The summed E-state index contributed by atoms with van der Waals surface area (Å²) in [5.74, 6) is 2.87. The van der Waals surface area contributed by atoms with Crippen molar-refractivity contribution < 1.29 is 13.6 Å². The summed E-state index contributed by atoms with van der Waals surface area (Å²) in [5, 5.41) is 5.37. The van der Waals surface area contributed by atoms with Crippen molar-refractivity contribution in [3.63, 3.8) is 0 Å². The second kappa shape index (κ2) is 6.04. The third-order valence-electron chi connectivity index (χ3n) is 1.68. The number of hydrazone groups is 1. The van der Waals surface area contributed by atoms with Gasteiger partial charge in [0.05, 0.1) is 11.4 Å². The van der Waals surface area contributed by atoms with E-state index >= 15 is 0 Å². The van der Waals surface area contributed by atoms with Crippen LogP contribution >= 0.6 is 11.8 Å². The van der Waals surface area contributed by atoms with Crippen LogP contribution in [0.2, 0.25) is 0 Å². The van der Waals surface area contributed by atoms with Gasteiger partial charge in [-0.3, -0.25) is 4.79 Å². The molecule has 1 rings (SSSR count). The number of carbonyl (C=O) groups is 1. The van der Waals surface area contributed by atoms with Crippen LogP contribution in [0.3, 0.4) is 0 Å². The molecule has 0 aliphatic rings. The van der Waals surface area contributed by atoms with E-state index in [1.807, 2.05) is 0 Å². The van der Waals surface area contributed by atoms with E-state index in [1.54, 1.807) is 0 Å². The lowest BCUT2D eigenvalue weighted by molar-refractivity contribution is -0.113. The summed E-state index contributed by atoms with van der Waals surface area (Å²) in [5.41, 5.74) is 5.02. The summed E-state index contributed by atoms with van der Waals surface area (Å²) in [6.07, 6.45) is 0. The van der Waals surface area contributed by atoms with E-state index in [4.69, 9.17) is 11.6 Å². The summed E-state index contributed by atoms with van der Waals surface area (Å²) in [6.45, 7) is 0. The predicted molar refractivity (Wildman–Crippen MR) is 63.3 cm³/mol. The van der Waals surface area contributed by atoms with E-state index in [9.17, 15) is 13.6 Å². The SMILES string of the molecule is NN=C(N)SCC(=O)Nc1cc(F)ccc1F. The molecule has 0 saturated heterocycles. The summed E-state index contributed by atoms with van der Waals surface area (Å²) < 4.78 is 25.9. The Morgan fingerprint density at radius 2 is 2.18 bits per heavy atom. The van der Waals surface area contributed by atoms with Crippen LogP contribution in [0.5, 0.6) is 0 Å². The summed E-state index contributed by atoms with van der Waals surface area (Å²) in [6, 6.07) is 2.77. The van der Waals surface area contributed by atoms with Crippen LogP contribution in [0.4, 0.5) is 14.5 Å². The highest BCUT2D eigenvalue weighted by Crippen LogP contribution is 2.15. The van der Waals surface area contributed by atoms with Gasteiger partial charge in [-0.25, -0.2) is 8.78 Å². The van der Waals surface area contributed by atoms with Crippen molar-refractivity contribution in [1.29, 1.82) is 0 Å². The molecule has 0 heterocycles. The smallest absolute Gasteiger partial charge is 0.234 e. The van der Waals surface area contributed by atoms with Gasteiger partial charge >= 0.3 is 0 Å². The number of amidine groups is 1. The zero-order valence-corrected chi connectivity index (χ0v) is 9.43.